The third kappa shape index (κ3) is 0.409. The summed E-state index contributed by atoms with van der Waals surface area (Å²) in [5.41, 5.74) is 0. The first kappa shape index (κ1) is 4.39. The van der Waals surface area contributed by atoms with Crippen molar-refractivity contribution in [2.24, 2.45) is 0 Å². The number of nitrogens with zero attached hydrogens (tertiary/aromatic N) is 1. The molecule has 0 aromatic heterocycles. The van der Waals surface area contributed by atoms with E-state index in [1.807, 2.05) is 0 Å². The van der Waals surface area contributed by atoms with E-state index in [9.17, 15) is 0 Å². The Morgan fingerprint density at radius 2 is 2.62 bits per heavy atom. The summed E-state index contributed by atoms with van der Waals surface area (Å²) in [4.78, 5) is 2.30. The molecule has 2 nitrogen and oxygen atoms in total. The highest BCUT2D eigenvalue weighted by atomic mass is 16.5. The minimum atomic E-state index is 0.694. The van der Waals surface area contributed by atoms with E-state index in [2.05, 4.69) is 18.0 Å². The van der Waals surface area contributed by atoms with Crippen LogP contribution in [-0.2, 0) is 4.74 Å². The van der Waals surface area contributed by atoms with Crippen molar-refractivity contribution in [1.29, 1.82) is 0 Å². The minimum Gasteiger partial charge on any atom is -0.500 e. The Hall–Kier alpha value is -0.500. The largest absolute Gasteiger partial charge is 0.500 e. The van der Waals surface area contributed by atoms with E-state index in [4.69, 9.17) is 4.74 Å². The smallest absolute Gasteiger partial charge is 0.105 e. The Morgan fingerprint density at radius 1 is 1.75 bits per heavy atom. The normalized spacial score (nSPS) is 49.9. The number of ether oxygens (including phenoxy) is 1. The highest BCUT2D eigenvalue weighted by Crippen LogP contribution is 2.29. The predicted molar refractivity (Wildman–Crippen MR) is 30.4 cm³/mol. The van der Waals surface area contributed by atoms with Crippen molar-refractivity contribution in [1.82, 2.24) is 4.90 Å². The molecule has 2 aliphatic heterocycles. The van der Waals surface area contributed by atoms with Gasteiger partial charge in [-0.1, -0.05) is 0 Å². The van der Waals surface area contributed by atoms with E-state index in [0.29, 0.717) is 12.1 Å². The van der Waals surface area contributed by atoms with Crippen LogP contribution in [0, 0.1) is 0 Å². The zero-order valence-corrected chi connectivity index (χ0v) is 4.87. The van der Waals surface area contributed by atoms with Crippen molar-refractivity contribution >= 4 is 0 Å². The van der Waals surface area contributed by atoms with E-state index in [1.54, 1.807) is 6.26 Å². The van der Waals surface area contributed by atoms with Gasteiger partial charge in [0.1, 0.15) is 6.61 Å². The average Bonchev–Trinajstić information content (AvgIpc) is 2.46. The van der Waals surface area contributed by atoms with Gasteiger partial charge in [-0.2, -0.15) is 0 Å². The molecule has 0 aliphatic carbocycles. The third-order valence-electron chi connectivity index (χ3n) is 1.94. The van der Waals surface area contributed by atoms with Gasteiger partial charge in [-0.3, -0.25) is 4.90 Å². The van der Waals surface area contributed by atoms with Gasteiger partial charge >= 0.3 is 0 Å². The first-order valence-corrected chi connectivity index (χ1v) is 2.90. The van der Waals surface area contributed by atoms with Crippen molar-refractivity contribution in [3.8, 4) is 0 Å². The van der Waals surface area contributed by atoms with Crippen molar-refractivity contribution in [2.45, 2.75) is 12.1 Å². The SMILES string of the molecule is CN1C2C=COCC21. The van der Waals surface area contributed by atoms with Gasteiger partial charge in [-0.05, 0) is 13.1 Å². The molecule has 2 heterocycles. The van der Waals surface area contributed by atoms with Crippen molar-refractivity contribution in [3.63, 3.8) is 0 Å². The van der Waals surface area contributed by atoms with Crippen molar-refractivity contribution < 1.29 is 4.74 Å². The fourth-order valence-electron chi connectivity index (χ4n) is 1.20. The van der Waals surface area contributed by atoms with Crippen LogP contribution in [0.15, 0.2) is 12.3 Å². The van der Waals surface area contributed by atoms with Gasteiger partial charge in [0.25, 0.3) is 0 Å². The van der Waals surface area contributed by atoms with E-state index < -0.39 is 0 Å². The van der Waals surface area contributed by atoms with Crippen LogP contribution in [0.2, 0.25) is 0 Å². The zero-order chi connectivity index (χ0) is 5.56. The van der Waals surface area contributed by atoms with E-state index >= 15 is 0 Å². The molecule has 3 unspecified atom stereocenters. The lowest BCUT2D eigenvalue weighted by Crippen LogP contribution is -2.05. The van der Waals surface area contributed by atoms with Gasteiger partial charge in [-0.25, -0.2) is 0 Å². The summed E-state index contributed by atoms with van der Waals surface area (Å²) in [5.74, 6) is 0. The minimum absolute atomic E-state index is 0.694. The Morgan fingerprint density at radius 3 is 3.12 bits per heavy atom. The molecule has 8 heavy (non-hydrogen) atoms. The lowest BCUT2D eigenvalue weighted by molar-refractivity contribution is 0.234. The fraction of sp³-hybridized carbons (Fsp3) is 0.667. The summed E-state index contributed by atoms with van der Waals surface area (Å²) >= 11 is 0. The first-order chi connectivity index (χ1) is 3.89. The number of rotatable bonds is 0. The molecule has 0 aromatic carbocycles. The first-order valence-electron chi connectivity index (χ1n) is 2.90. The molecule has 2 aliphatic rings. The van der Waals surface area contributed by atoms with Crippen LogP contribution in [0.4, 0.5) is 0 Å². The molecule has 0 aromatic rings. The van der Waals surface area contributed by atoms with E-state index in [1.165, 1.54) is 0 Å². The maximum absolute atomic E-state index is 5.07. The Labute approximate surface area is 48.7 Å². The van der Waals surface area contributed by atoms with Gasteiger partial charge in [0.2, 0.25) is 0 Å². The summed E-state index contributed by atoms with van der Waals surface area (Å²) in [6.07, 6.45) is 3.90. The summed E-state index contributed by atoms with van der Waals surface area (Å²) in [5, 5.41) is 0. The molecule has 0 amide bonds. The van der Waals surface area contributed by atoms with Gasteiger partial charge in [0.05, 0.1) is 18.3 Å². The Bertz CT molecular complexity index is 132. The van der Waals surface area contributed by atoms with Crippen molar-refractivity contribution in [3.05, 3.63) is 12.3 Å². The van der Waals surface area contributed by atoms with E-state index in [-0.39, 0.29) is 0 Å². The Balaban J connectivity index is 2.12. The quantitative estimate of drug-likeness (QED) is 0.414. The number of fused-ring (bicyclic) bond motifs is 1. The molecule has 1 saturated heterocycles. The number of likely N-dealkylation sites (N-methyl/N-ethyl adjacent to an activating group) is 1. The third-order valence-corrected chi connectivity index (χ3v) is 1.94. The molecule has 3 atom stereocenters. The lowest BCUT2D eigenvalue weighted by atomic mass is 10.3. The highest BCUT2D eigenvalue weighted by Gasteiger charge is 2.44. The van der Waals surface area contributed by atoms with Crippen LogP contribution in [0.25, 0.3) is 0 Å². The lowest BCUT2D eigenvalue weighted by Gasteiger charge is -1.99. The van der Waals surface area contributed by atoms with E-state index in [0.717, 1.165) is 6.61 Å². The summed E-state index contributed by atoms with van der Waals surface area (Å²) in [7, 11) is 2.12. The Kier molecular flexibility index (Phi) is 0.690. The molecule has 2 rings (SSSR count). The average molecular weight is 111 g/mol. The molecule has 44 valence electrons. The van der Waals surface area contributed by atoms with Crippen LogP contribution in [0.5, 0.6) is 0 Å². The second-order valence-corrected chi connectivity index (χ2v) is 2.39. The monoisotopic (exact) mass is 111 g/mol. The molecule has 0 N–H and O–H groups in total. The highest BCUT2D eigenvalue weighted by molar-refractivity contribution is 5.13. The van der Waals surface area contributed by atoms with Gasteiger partial charge in [0.15, 0.2) is 0 Å². The van der Waals surface area contributed by atoms with Crippen LogP contribution in [0.1, 0.15) is 0 Å². The number of hydrogen-bond donors (Lipinski definition) is 0. The standard InChI is InChI=1S/C6H9NO/c1-7-5-2-3-8-4-6(5)7/h2-3,5-6H,4H2,1H3. The summed E-state index contributed by atoms with van der Waals surface area (Å²) in [6, 6.07) is 1.39. The zero-order valence-electron chi connectivity index (χ0n) is 4.87. The summed E-state index contributed by atoms with van der Waals surface area (Å²) < 4.78 is 5.07. The molecule has 1 fully saturated rings. The molecule has 2 heteroatoms. The van der Waals surface area contributed by atoms with Crippen LogP contribution >= 0.6 is 0 Å². The van der Waals surface area contributed by atoms with Crippen LogP contribution in [-0.4, -0.2) is 30.6 Å². The maximum atomic E-state index is 5.07. The number of hydrogen-bond acceptors (Lipinski definition) is 2. The summed E-state index contributed by atoms with van der Waals surface area (Å²) in [6.45, 7) is 0.887. The van der Waals surface area contributed by atoms with Gasteiger partial charge in [-0.15, -0.1) is 0 Å². The molecule has 0 saturated carbocycles. The molecule has 0 bridgehead atoms. The molecule has 0 radical (unpaired) electrons. The van der Waals surface area contributed by atoms with Crippen LogP contribution < -0.4 is 0 Å². The van der Waals surface area contributed by atoms with Gasteiger partial charge < -0.3 is 4.74 Å². The molecular formula is C6H9NO. The fourth-order valence-corrected chi connectivity index (χ4v) is 1.20. The topological polar surface area (TPSA) is 12.2 Å². The second kappa shape index (κ2) is 1.26. The maximum Gasteiger partial charge on any atom is 0.105 e. The second-order valence-electron chi connectivity index (χ2n) is 2.39. The van der Waals surface area contributed by atoms with Gasteiger partial charge in [0, 0.05) is 0 Å². The van der Waals surface area contributed by atoms with Crippen molar-refractivity contribution in [2.75, 3.05) is 13.7 Å². The molecular weight excluding hydrogens is 102 g/mol. The predicted octanol–water partition coefficient (Wildman–Crippen LogP) is 0.213. The van der Waals surface area contributed by atoms with Crippen LogP contribution in [0.3, 0.4) is 0 Å². The molecule has 0 spiro atoms.